The van der Waals surface area contributed by atoms with Gasteiger partial charge in [-0.3, -0.25) is 4.79 Å². The number of carbonyl (C=O) groups excluding carboxylic acids is 1. The Morgan fingerprint density at radius 1 is 1.38 bits per heavy atom. The summed E-state index contributed by atoms with van der Waals surface area (Å²) < 4.78 is 13.5. The molecule has 21 heavy (non-hydrogen) atoms. The number of hydrogen-bond acceptors (Lipinski definition) is 3. The van der Waals surface area contributed by atoms with E-state index in [1.165, 1.54) is 11.0 Å². The molecule has 0 bridgehead atoms. The van der Waals surface area contributed by atoms with E-state index in [0.717, 1.165) is 24.6 Å². The molecule has 1 aliphatic heterocycles. The number of halogens is 1. The summed E-state index contributed by atoms with van der Waals surface area (Å²) in [6.45, 7) is 2.03. The Hall–Kier alpha value is -1.56. The maximum absolute atomic E-state index is 13.5. The lowest BCUT2D eigenvalue weighted by Crippen LogP contribution is -2.58. The van der Waals surface area contributed by atoms with E-state index in [4.69, 9.17) is 0 Å². The van der Waals surface area contributed by atoms with E-state index in [2.05, 4.69) is 0 Å². The Bertz CT molecular complexity index is 551. The minimum Gasteiger partial charge on any atom is -0.480 e. The van der Waals surface area contributed by atoms with Crippen LogP contribution in [0.2, 0.25) is 0 Å². The molecule has 0 spiro atoms. The molecule has 0 radical (unpaired) electrons. The maximum atomic E-state index is 13.5. The van der Waals surface area contributed by atoms with Crippen LogP contribution < -0.4 is 0 Å². The Labute approximate surface area is 127 Å². The van der Waals surface area contributed by atoms with Gasteiger partial charge in [0.05, 0.1) is 5.75 Å². The first-order valence-electron chi connectivity index (χ1n) is 6.86. The summed E-state index contributed by atoms with van der Waals surface area (Å²) in [5, 5.41) is 9.39. The summed E-state index contributed by atoms with van der Waals surface area (Å²) in [6, 6.07) is 6.25. The summed E-state index contributed by atoms with van der Waals surface area (Å²) in [5.74, 6) is -1.56. The van der Waals surface area contributed by atoms with Gasteiger partial charge in [-0.05, 0) is 38.3 Å². The largest absolute Gasteiger partial charge is 0.480 e. The highest BCUT2D eigenvalue weighted by molar-refractivity contribution is 8.00. The lowest BCUT2D eigenvalue weighted by Gasteiger charge is -2.41. The number of rotatable bonds is 4. The van der Waals surface area contributed by atoms with Crippen molar-refractivity contribution in [3.63, 3.8) is 0 Å². The van der Waals surface area contributed by atoms with E-state index in [9.17, 15) is 19.1 Å². The van der Waals surface area contributed by atoms with Crippen molar-refractivity contribution < 1.29 is 19.1 Å². The number of aliphatic carboxylic acids is 1. The number of nitrogens with zero attached hydrogens (tertiary/aromatic N) is 1. The zero-order valence-corrected chi connectivity index (χ0v) is 12.7. The van der Waals surface area contributed by atoms with Crippen molar-refractivity contribution in [1.29, 1.82) is 0 Å². The quantitative estimate of drug-likeness (QED) is 0.869. The molecule has 6 heteroatoms. The standard InChI is InChI=1S/C15H18FNO3S/c1-15(14(19)20)8-4-5-9-17(15)13(18)10-21-12-7-3-2-6-11(12)16/h2-3,6-7H,4-5,8-10H2,1H3,(H,19,20). The fraction of sp³-hybridized carbons (Fsp3) is 0.467. The highest BCUT2D eigenvalue weighted by Gasteiger charge is 2.43. The normalized spacial score (nSPS) is 22.1. The van der Waals surface area contributed by atoms with E-state index in [1.54, 1.807) is 25.1 Å². The zero-order chi connectivity index (χ0) is 15.5. The first-order chi connectivity index (χ1) is 9.95. The first-order valence-corrected chi connectivity index (χ1v) is 7.85. The van der Waals surface area contributed by atoms with Gasteiger partial charge in [0.1, 0.15) is 11.4 Å². The van der Waals surface area contributed by atoms with Crippen LogP contribution in [-0.2, 0) is 9.59 Å². The van der Waals surface area contributed by atoms with Gasteiger partial charge >= 0.3 is 5.97 Å². The molecule has 1 heterocycles. The molecule has 1 aromatic carbocycles. The molecule has 0 aromatic heterocycles. The topological polar surface area (TPSA) is 57.6 Å². The molecule has 2 rings (SSSR count). The third kappa shape index (κ3) is 3.37. The van der Waals surface area contributed by atoms with Gasteiger partial charge in [0.25, 0.3) is 0 Å². The summed E-state index contributed by atoms with van der Waals surface area (Å²) in [5.41, 5.74) is -1.15. The number of carboxylic acid groups (broad SMARTS) is 1. The summed E-state index contributed by atoms with van der Waals surface area (Å²) in [4.78, 5) is 25.6. The molecule has 0 saturated carbocycles. The van der Waals surface area contributed by atoms with Gasteiger partial charge in [-0.15, -0.1) is 11.8 Å². The molecule has 1 saturated heterocycles. The number of piperidine rings is 1. The molecule has 1 unspecified atom stereocenters. The molecule has 4 nitrogen and oxygen atoms in total. The number of benzene rings is 1. The van der Waals surface area contributed by atoms with E-state index >= 15 is 0 Å². The lowest BCUT2D eigenvalue weighted by molar-refractivity contribution is -0.159. The molecule has 1 atom stereocenters. The molecular formula is C15H18FNO3S. The van der Waals surface area contributed by atoms with Gasteiger partial charge in [-0.1, -0.05) is 12.1 Å². The summed E-state index contributed by atoms with van der Waals surface area (Å²) >= 11 is 1.10. The predicted octanol–water partition coefficient (Wildman–Crippen LogP) is 2.77. The molecule has 114 valence electrons. The van der Waals surface area contributed by atoms with Crippen molar-refractivity contribution in [2.45, 2.75) is 36.6 Å². The van der Waals surface area contributed by atoms with Crippen LogP contribution in [0, 0.1) is 5.82 Å². The van der Waals surface area contributed by atoms with Crippen LogP contribution in [0.15, 0.2) is 29.2 Å². The lowest BCUT2D eigenvalue weighted by atomic mass is 9.88. The van der Waals surface area contributed by atoms with E-state index in [-0.39, 0.29) is 17.5 Å². The van der Waals surface area contributed by atoms with Crippen LogP contribution >= 0.6 is 11.8 Å². The van der Waals surface area contributed by atoms with E-state index in [1.807, 2.05) is 0 Å². The maximum Gasteiger partial charge on any atom is 0.329 e. The Morgan fingerprint density at radius 2 is 2.10 bits per heavy atom. The molecule has 1 amide bonds. The second-order valence-corrected chi connectivity index (χ2v) is 6.32. The Balaban J connectivity index is 2.05. The number of likely N-dealkylation sites (tertiary alicyclic amines) is 1. The van der Waals surface area contributed by atoms with Crippen molar-refractivity contribution in [3.05, 3.63) is 30.1 Å². The van der Waals surface area contributed by atoms with Crippen molar-refractivity contribution in [1.82, 2.24) is 4.90 Å². The fourth-order valence-electron chi connectivity index (χ4n) is 2.52. The molecule has 0 aliphatic carbocycles. The first kappa shape index (κ1) is 15.8. The van der Waals surface area contributed by atoms with Crippen LogP contribution in [0.1, 0.15) is 26.2 Å². The predicted molar refractivity (Wildman–Crippen MR) is 78.7 cm³/mol. The van der Waals surface area contributed by atoms with Gasteiger partial charge in [0, 0.05) is 11.4 Å². The van der Waals surface area contributed by atoms with Crippen molar-refractivity contribution in [2.24, 2.45) is 0 Å². The molecule has 1 fully saturated rings. The third-order valence-electron chi connectivity index (χ3n) is 3.84. The van der Waals surface area contributed by atoms with Gasteiger partial charge < -0.3 is 10.0 Å². The van der Waals surface area contributed by atoms with Crippen molar-refractivity contribution in [3.8, 4) is 0 Å². The van der Waals surface area contributed by atoms with E-state index in [0.29, 0.717) is 17.9 Å². The van der Waals surface area contributed by atoms with Gasteiger partial charge in [0.15, 0.2) is 0 Å². The SMILES string of the molecule is CC1(C(=O)O)CCCCN1C(=O)CSc1ccccc1F. The number of carboxylic acids is 1. The fourth-order valence-corrected chi connectivity index (χ4v) is 3.34. The number of thioether (sulfide) groups is 1. The van der Waals surface area contributed by atoms with Crippen LogP contribution in [0.25, 0.3) is 0 Å². The molecule has 1 aromatic rings. The number of amides is 1. The second-order valence-electron chi connectivity index (χ2n) is 5.30. The second kappa shape index (κ2) is 6.47. The van der Waals surface area contributed by atoms with Crippen LogP contribution in [0.3, 0.4) is 0 Å². The summed E-state index contributed by atoms with van der Waals surface area (Å²) in [7, 11) is 0. The minimum atomic E-state index is -1.15. The molecule has 1 N–H and O–H groups in total. The number of hydrogen-bond donors (Lipinski definition) is 1. The average molecular weight is 311 g/mol. The molecule has 1 aliphatic rings. The van der Waals surface area contributed by atoms with Crippen molar-refractivity contribution >= 4 is 23.6 Å². The van der Waals surface area contributed by atoms with Gasteiger partial charge in [0.2, 0.25) is 5.91 Å². The van der Waals surface area contributed by atoms with Gasteiger partial charge in [-0.25, -0.2) is 9.18 Å². The highest BCUT2D eigenvalue weighted by Crippen LogP contribution is 2.30. The van der Waals surface area contributed by atoms with Crippen LogP contribution in [-0.4, -0.2) is 39.7 Å². The molecular weight excluding hydrogens is 293 g/mol. The van der Waals surface area contributed by atoms with E-state index < -0.39 is 11.5 Å². The van der Waals surface area contributed by atoms with Crippen molar-refractivity contribution in [2.75, 3.05) is 12.3 Å². The number of carbonyl (C=O) groups is 2. The van der Waals surface area contributed by atoms with Crippen LogP contribution in [0.5, 0.6) is 0 Å². The van der Waals surface area contributed by atoms with Crippen LogP contribution in [0.4, 0.5) is 4.39 Å². The third-order valence-corrected chi connectivity index (χ3v) is 4.87. The van der Waals surface area contributed by atoms with Gasteiger partial charge in [-0.2, -0.15) is 0 Å². The average Bonchev–Trinajstić information content (AvgIpc) is 2.46. The Morgan fingerprint density at radius 3 is 2.76 bits per heavy atom. The summed E-state index contributed by atoms with van der Waals surface area (Å²) in [6.07, 6.45) is 2.06. The zero-order valence-electron chi connectivity index (χ0n) is 11.8. The Kier molecular flexibility index (Phi) is 4.88. The monoisotopic (exact) mass is 311 g/mol. The minimum absolute atomic E-state index is 0.0454. The highest BCUT2D eigenvalue weighted by atomic mass is 32.2. The smallest absolute Gasteiger partial charge is 0.329 e.